The van der Waals surface area contributed by atoms with Crippen molar-refractivity contribution >= 4 is 44.3 Å². The summed E-state index contributed by atoms with van der Waals surface area (Å²) in [6.07, 6.45) is 7.53. The summed E-state index contributed by atoms with van der Waals surface area (Å²) in [7, 11) is -1.85. The maximum absolute atomic E-state index is 12.5. The van der Waals surface area contributed by atoms with E-state index in [4.69, 9.17) is 5.73 Å². The van der Waals surface area contributed by atoms with Crippen molar-refractivity contribution in [2.24, 2.45) is 4.40 Å². The largest absolute Gasteiger partial charge is 0.399 e. The van der Waals surface area contributed by atoms with E-state index in [1.807, 2.05) is 48.4 Å². The van der Waals surface area contributed by atoms with Gasteiger partial charge in [-0.15, -0.1) is 11.8 Å². The van der Waals surface area contributed by atoms with Crippen LogP contribution in [0.1, 0.15) is 5.56 Å². The van der Waals surface area contributed by atoms with Crippen molar-refractivity contribution in [1.82, 2.24) is 0 Å². The van der Waals surface area contributed by atoms with Crippen LogP contribution in [0.15, 0.2) is 75.7 Å². The molecule has 5 nitrogen and oxygen atoms in total. The Hall–Kier alpha value is -2.51. The molecule has 26 heavy (non-hydrogen) atoms. The number of hydrogen-bond donors (Lipinski definition) is 1. The van der Waals surface area contributed by atoms with E-state index in [0.717, 1.165) is 16.9 Å². The molecule has 2 aromatic carbocycles. The fraction of sp³-hybridized carbons (Fsp3) is 0.105. The third-order valence-electron chi connectivity index (χ3n) is 3.99. The molecule has 0 aromatic heterocycles. The van der Waals surface area contributed by atoms with E-state index in [2.05, 4.69) is 4.40 Å². The highest BCUT2D eigenvalue weighted by molar-refractivity contribution is 8.14. The molecule has 0 spiro atoms. The Morgan fingerprint density at radius 2 is 1.81 bits per heavy atom. The van der Waals surface area contributed by atoms with Crippen LogP contribution in [0.4, 0.5) is 11.4 Å². The van der Waals surface area contributed by atoms with Gasteiger partial charge in [0.1, 0.15) is 5.04 Å². The standard InChI is InChI=1S/C19H19N3O2S2/c1-22-16(10-7-14-5-3-4-6-18(14)22)13-19(25-2)21-26(23,24)17-11-8-15(20)9-12-17/h3-13H,20H2,1-2H3. The zero-order chi connectivity index (χ0) is 18.7. The number of para-hydroxylation sites is 1. The molecule has 134 valence electrons. The molecule has 0 unspecified atom stereocenters. The van der Waals surface area contributed by atoms with Crippen LogP contribution in [0, 0.1) is 0 Å². The Morgan fingerprint density at radius 3 is 2.50 bits per heavy atom. The third kappa shape index (κ3) is 3.84. The number of nitrogens with two attached hydrogens (primary N) is 1. The molecule has 0 saturated heterocycles. The van der Waals surface area contributed by atoms with Gasteiger partial charge in [-0.3, -0.25) is 0 Å². The van der Waals surface area contributed by atoms with Gasteiger partial charge in [-0.25, -0.2) is 0 Å². The summed E-state index contributed by atoms with van der Waals surface area (Å²) in [6.45, 7) is 0. The van der Waals surface area contributed by atoms with E-state index in [-0.39, 0.29) is 4.90 Å². The Labute approximate surface area is 158 Å². The van der Waals surface area contributed by atoms with Gasteiger partial charge in [-0.1, -0.05) is 24.3 Å². The molecule has 0 bridgehead atoms. The van der Waals surface area contributed by atoms with Crippen LogP contribution < -0.4 is 10.6 Å². The molecule has 0 fully saturated rings. The van der Waals surface area contributed by atoms with E-state index < -0.39 is 10.0 Å². The number of likely N-dealkylation sites (N-methyl/N-ethyl adjacent to an activating group) is 1. The summed E-state index contributed by atoms with van der Waals surface area (Å²) in [6, 6.07) is 14.0. The van der Waals surface area contributed by atoms with E-state index >= 15 is 0 Å². The maximum atomic E-state index is 12.5. The molecule has 0 saturated carbocycles. The first-order valence-electron chi connectivity index (χ1n) is 7.88. The molecule has 1 aliphatic rings. The minimum Gasteiger partial charge on any atom is -0.399 e. The molecule has 2 aromatic rings. The van der Waals surface area contributed by atoms with Crippen molar-refractivity contribution in [3.05, 3.63) is 71.9 Å². The van der Waals surface area contributed by atoms with Crippen molar-refractivity contribution in [2.75, 3.05) is 23.9 Å². The average Bonchev–Trinajstić information content (AvgIpc) is 2.63. The Kier molecular flexibility index (Phi) is 5.20. The lowest BCUT2D eigenvalue weighted by molar-refractivity contribution is 0.598. The SMILES string of the molecule is CSC(C=C1C=Cc2ccccc2N1C)=NS(=O)(=O)c1ccc(N)cc1. The number of nitrogens with zero attached hydrogens (tertiary/aromatic N) is 2. The summed E-state index contributed by atoms with van der Waals surface area (Å²) in [5.74, 6) is 0. The zero-order valence-corrected chi connectivity index (χ0v) is 16.1. The van der Waals surface area contributed by atoms with Crippen molar-refractivity contribution in [3.63, 3.8) is 0 Å². The Balaban J connectivity index is 1.96. The molecule has 0 atom stereocenters. The Morgan fingerprint density at radius 1 is 1.12 bits per heavy atom. The first-order chi connectivity index (χ1) is 12.4. The van der Waals surface area contributed by atoms with Crippen LogP contribution in [0.25, 0.3) is 6.08 Å². The lowest BCUT2D eigenvalue weighted by atomic mass is 10.1. The van der Waals surface area contributed by atoms with Crippen LogP contribution in [0.3, 0.4) is 0 Å². The highest BCUT2D eigenvalue weighted by atomic mass is 32.2. The number of fused-ring (bicyclic) bond motifs is 1. The van der Waals surface area contributed by atoms with E-state index in [9.17, 15) is 8.42 Å². The predicted molar refractivity (Wildman–Crippen MR) is 111 cm³/mol. The molecule has 7 heteroatoms. The molecule has 0 radical (unpaired) electrons. The van der Waals surface area contributed by atoms with Gasteiger partial charge < -0.3 is 10.6 Å². The summed E-state index contributed by atoms with van der Waals surface area (Å²) >= 11 is 1.28. The van der Waals surface area contributed by atoms with Crippen molar-refractivity contribution in [2.45, 2.75) is 4.90 Å². The van der Waals surface area contributed by atoms with E-state index in [1.54, 1.807) is 24.5 Å². The number of benzene rings is 2. The average molecular weight is 386 g/mol. The Bertz CT molecular complexity index is 1010. The van der Waals surface area contributed by atoms with Gasteiger partial charge in [0, 0.05) is 24.1 Å². The van der Waals surface area contributed by atoms with Gasteiger partial charge in [0.15, 0.2) is 0 Å². The normalized spacial score (nSPS) is 16.0. The molecule has 0 amide bonds. The van der Waals surface area contributed by atoms with Gasteiger partial charge in [-0.05, 0) is 54.3 Å². The predicted octanol–water partition coefficient (Wildman–Crippen LogP) is 3.77. The quantitative estimate of drug-likeness (QED) is 0.494. The number of allylic oxidation sites excluding steroid dienone is 1. The number of hydrogen-bond acceptors (Lipinski definition) is 5. The lowest BCUT2D eigenvalue weighted by Gasteiger charge is -2.26. The minimum atomic E-state index is -3.79. The number of nitrogen functional groups attached to an aromatic ring is 1. The van der Waals surface area contributed by atoms with Crippen LogP contribution in [-0.2, 0) is 10.0 Å². The fourth-order valence-electron chi connectivity index (χ4n) is 2.56. The summed E-state index contributed by atoms with van der Waals surface area (Å²) in [4.78, 5) is 2.13. The highest BCUT2D eigenvalue weighted by Crippen LogP contribution is 2.29. The van der Waals surface area contributed by atoms with Gasteiger partial charge in [0.2, 0.25) is 0 Å². The summed E-state index contributed by atoms with van der Waals surface area (Å²) in [5.41, 5.74) is 9.16. The second kappa shape index (κ2) is 7.39. The zero-order valence-electron chi connectivity index (χ0n) is 14.5. The van der Waals surface area contributed by atoms with E-state index in [0.29, 0.717) is 10.7 Å². The lowest BCUT2D eigenvalue weighted by Crippen LogP contribution is -2.19. The number of thioether (sulfide) groups is 1. The molecule has 0 aliphatic carbocycles. The number of sulfonamides is 1. The van der Waals surface area contributed by atoms with Crippen LogP contribution in [0.2, 0.25) is 0 Å². The molecular formula is C19H19N3O2S2. The molecule has 1 aliphatic heterocycles. The smallest absolute Gasteiger partial charge is 0.283 e. The van der Waals surface area contributed by atoms with Gasteiger partial charge in [0.05, 0.1) is 4.90 Å². The van der Waals surface area contributed by atoms with Crippen LogP contribution in [-0.4, -0.2) is 26.8 Å². The number of anilines is 2. The topological polar surface area (TPSA) is 75.8 Å². The molecule has 1 heterocycles. The van der Waals surface area contributed by atoms with Gasteiger partial charge in [0.25, 0.3) is 10.0 Å². The second-order valence-electron chi connectivity index (χ2n) is 5.70. The fourth-order valence-corrected chi connectivity index (χ4v) is 4.27. The molecule has 3 rings (SSSR count). The first kappa shape index (κ1) is 18.3. The number of rotatable bonds is 3. The molecular weight excluding hydrogens is 366 g/mol. The van der Waals surface area contributed by atoms with Crippen molar-refractivity contribution in [1.29, 1.82) is 0 Å². The van der Waals surface area contributed by atoms with Gasteiger partial charge in [-0.2, -0.15) is 12.8 Å². The highest BCUT2D eigenvalue weighted by Gasteiger charge is 2.16. The van der Waals surface area contributed by atoms with Crippen molar-refractivity contribution in [3.8, 4) is 0 Å². The monoisotopic (exact) mass is 385 g/mol. The first-order valence-corrected chi connectivity index (χ1v) is 10.5. The summed E-state index contributed by atoms with van der Waals surface area (Å²) in [5, 5.41) is 0.410. The van der Waals surface area contributed by atoms with E-state index in [1.165, 1.54) is 23.9 Å². The van der Waals surface area contributed by atoms with Crippen molar-refractivity contribution < 1.29 is 8.42 Å². The maximum Gasteiger partial charge on any atom is 0.283 e. The second-order valence-corrected chi connectivity index (χ2v) is 8.13. The van der Waals surface area contributed by atoms with Gasteiger partial charge >= 0.3 is 0 Å². The van der Waals surface area contributed by atoms with Crippen LogP contribution >= 0.6 is 11.8 Å². The van der Waals surface area contributed by atoms with Crippen LogP contribution in [0.5, 0.6) is 0 Å². The molecule has 2 N–H and O–H groups in total. The minimum absolute atomic E-state index is 0.120. The summed E-state index contributed by atoms with van der Waals surface area (Å²) < 4.78 is 29.0. The third-order valence-corrected chi connectivity index (χ3v) is 6.04.